The van der Waals surface area contributed by atoms with E-state index in [1.807, 2.05) is 0 Å². The molecule has 3 heterocycles. The average Bonchev–Trinajstić information content (AvgIpc) is 2.83. The number of nitrogens with zero attached hydrogens (tertiary/aromatic N) is 4. The van der Waals surface area contributed by atoms with Crippen LogP contribution in [0.4, 0.5) is 5.69 Å². The topological polar surface area (TPSA) is 93.4 Å². The highest BCUT2D eigenvalue weighted by molar-refractivity contribution is 7.99. The number of anilines is 1. The molecule has 0 aliphatic heterocycles. The highest BCUT2D eigenvalue weighted by Gasteiger charge is 2.11. The third kappa shape index (κ3) is 1.98. The van der Waals surface area contributed by atoms with Crippen LogP contribution in [0.3, 0.4) is 0 Å². The zero-order valence-corrected chi connectivity index (χ0v) is 10.5. The Bertz CT molecular complexity index is 712. The number of nitrogens with one attached hydrogen (secondary N) is 1. The molecule has 3 rings (SSSR count). The van der Waals surface area contributed by atoms with Crippen LogP contribution in [0.15, 0.2) is 34.8 Å². The number of rotatable bonds is 2. The lowest BCUT2D eigenvalue weighted by Crippen LogP contribution is -1.93. The maximum atomic E-state index is 5.85. The number of fused-ring (bicyclic) bond motifs is 1. The van der Waals surface area contributed by atoms with Gasteiger partial charge in [0.05, 0.1) is 12.0 Å². The molecule has 0 aliphatic carbocycles. The Kier molecular flexibility index (Phi) is 2.77. The van der Waals surface area contributed by atoms with E-state index in [2.05, 4.69) is 24.9 Å². The summed E-state index contributed by atoms with van der Waals surface area (Å²) in [6.45, 7) is 0. The van der Waals surface area contributed by atoms with E-state index in [1.54, 1.807) is 18.5 Å². The van der Waals surface area contributed by atoms with Crippen LogP contribution in [0, 0.1) is 0 Å². The van der Waals surface area contributed by atoms with Crippen molar-refractivity contribution < 1.29 is 0 Å². The summed E-state index contributed by atoms with van der Waals surface area (Å²) in [4.78, 5) is 19.4. The SMILES string of the molecule is Nc1ccc(Cl)nc1Sc1ncnc2nc[nH]c12. The molecule has 0 saturated carbocycles. The van der Waals surface area contributed by atoms with Gasteiger partial charge in [-0.1, -0.05) is 11.6 Å². The van der Waals surface area contributed by atoms with Gasteiger partial charge in [0.2, 0.25) is 0 Å². The average molecular weight is 279 g/mol. The van der Waals surface area contributed by atoms with Crippen molar-refractivity contribution in [3.63, 3.8) is 0 Å². The van der Waals surface area contributed by atoms with Crippen molar-refractivity contribution in [3.8, 4) is 0 Å². The number of H-pyrrole nitrogens is 1. The molecular weight excluding hydrogens is 272 g/mol. The second-order valence-corrected chi connectivity index (χ2v) is 4.78. The van der Waals surface area contributed by atoms with E-state index in [4.69, 9.17) is 17.3 Å². The van der Waals surface area contributed by atoms with Crippen molar-refractivity contribution in [1.29, 1.82) is 0 Å². The summed E-state index contributed by atoms with van der Waals surface area (Å²) in [5, 5.41) is 1.71. The smallest absolute Gasteiger partial charge is 0.181 e. The highest BCUT2D eigenvalue weighted by atomic mass is 35.5. The largest absolute Gasteiger partial charge is 0.397 e. The molecule has 0 amide bonds. The minimum Gasteiger partial charge on any atom is -0.397 e. The molecule has 3 N–H and O–H groups in total. The van der Waals surface area contributed by atoms with Crippen molar-refractivity contribution in [2.24, 2.45) is 0 Å². The molecule has 0 atom stereocenters. The lowest BCUT2D eigenvalue weighted by atomic mass is 10.4. The Labute approximate surface area is 111 Å². The van der Waals surface area contributed by atoms with E-state index in [9.17, 15) is 0 Å². The van der Waals surface area contributed by atoms with E-state index >= 15 is 0 Å². The number of hydrogen-bond acceptors (Lipinski definition) is 6. The first-order valence-electron chi connectivity index (χ1n) is 4.98. The van der Waals surface area contributed by atoms with Gasteiger partial charge in [0, 0.05) is 0 Å². The van der Waals surface area contributed by atoms with Crippen molar-refractivity contribution in [3.05, 3.63) is 29.9 Å². The highest BCUT2D eigenvalue weighted by Crippen LogP contribution is 2.32. The van der Waals surface area contributed by atoms with Gasteiger partial charge in [-0.2, -0.15) is 0 Å². The van der Waals surface area contributed by atoms with E-state index < -0.39 is 0 Å². The first-order valence-corrected chi connectivity index (χ1v) is 6.17. The molecule has 8 heteroatoms. The van der Waals surface area contributed by atoms with Crippen LogP contribution in [0.25, 0.3) is 11.2 Å². The van der Waals surface area contributed by atoms with Gasteiger partial charge >= 0.3 is 0 Å². The molecule has 18 heavy (non-hydrogen) atoms. The maximum Gasteiger partial charge on any atom is 0.181 e. The van der Waals surface area contributed by atoms with Crippen molar-refractivity contribution in [2.45, 2.75) is 10.1 Å². The molecule has 0 radical (unpaired) electrons. The lowest BCUT2D eigenvalue weighted by Gasteiger charge is -2.04. The monoisotopic (exact) mass is 278 g/mol. The predicted molar refractivity (Wildman–Crippen MR) is 69.5 cm³/mol. The molecule has 0 spiro atoms. The normalized spacial score (nSPS) is 10.9. The van der Waals surface area contributed by atoms with Crippen LogP contribution in [-0.4, -0.2) is 24.9 Å². The summed E-state index contributed by atoms with van der Waals surface area (Å²) in [7, 11) is 0. The van der Waals surface area contributed by atoms with Gasteiger partial charge in [0.15, 0.2) is 5.65 Å². The van der Waals surface area contributed by atoms with E-state index in [-0.39, 0.29) is 0 Å². The molecule has 0 bridgehead atoms. The molecule has 0 fully saturated rings. The van der Waals surface area contributed by atoms with Gasteiger partial charge < -0.3 is 10.7 Å². The number of halogens is 1. The van der Waals surface area contributed by atoms with Gasteiger partial charge in [-0.25, -0.2) is 19.9 Å². The fourth-order valence-corrected chi connectivity index (χ4v) is 2.49. The molecule has 3 aromatic heterocycles. The third-order valence-electron chi connectivity index (χ3n) is 2.24. The zero-order chi connectivity index (χ0) is 12.5. The summed E-state index contributed by atoms with van der Waals surface area (Å²) >= 11 is 7.17. The zero-order valence-electron chi connectivity index (χ0n) is 8.96. The number of nitrogen functional groups attached to an aromatic ring is 1. The van der Waals surface area contributed by atoms with Crippen LogP contribution < -0.4 is 5.73 Å². The van der Waals surface area contributed by atoms with Crippen LogP contribution in [0.1, 0.15) is 0 Å². The van der Waals surface area contributed by atoms with E-state index in [1.165, 1.54) is 18.1 Å². The van der Waals surface area contributed by atoms with Gasteiger partial charge in [0.1, 0.15) is 27.0 Å². The fraction of sp³-hybridized carbons (Fsp3) is 0. The Morgan fingerprint density at radius 1 is 1.17 bits per heavy atom. The Morgan fingerprint density at radius 3 is 2.94 bits per heavy atom. The van der Waals surface area contributed by atoms with Crippen LogP contribution in [0.2, 0.25) is 5.15 Å². The van der Waals surface area contributed by atoms with Crippen LogP contribution >= 0.6 is 23.4 Å². The second-order valence-electron chi connectivity index (χ2n) is 3.41. The molecule has 0 unspecified atom stereocenters. The summed E-state index contributed by atoms with van der Waals surface area (Å²) in [5.74, 6) is 0. The van der Waals surface area contributed by atoms with Gasteiger partial charge in [-0.3, -0.25) is 0 Å². The number of aromatic nitrogens is 5. The summed E-state index contributed by atoms with van der Waals surface area (Å²) in [6, 6.07) is 3.36. The van der Waals surface area contributed by atoms with Crippen molar-refractivity contribution >= 4 is 40.2 Å². The Morgan fingerprint density at radius 2 is 2.06 bits per heavy atom. The Balaban J connectivity index is 2.06. The van der Waals surface area contributed by atoms with Gasteiger partial charge in [0.25, 0.3) is 0 Å². The molecular formula is C10H7ClN6S. The molecule has 0 aliphatic rings. The number of aromatic amines is 1. The summed E-state index contributed by atoms with van der Waals surface area (Å²) in [5.41, 5.74) is 7.76. The maximum absolute atomic E-state index is 5.85. The number of nitrogens with two attached hydrogens (primary N) is 1. The van der Waals surface area contributed by atoms with Crippen molar-refractivity contribution in [1.82, 2.24) is 24.9 Å². The molecule has 0 aromatic carbocycles. The minimum absolute atomic E-state index is 0.390. The van der Waals surface area contributed by atoms with Crippen LogP contribution in [0.5, 0.6) is 0 Å². The summed E-state index contributed by atoms with van der Waals surface area (Å²) < 4.78 is 0. The third-order valence-corrected chi connectivity index (χ3v) is 3.47. The molecule has 6 nitrogen and oxygen atoms in total. The fourth-order valence-electron chi connectivity index (χ4n) is 1.42. The quantitative estimate of drug-likeness (QED) is 0.551. The molecule has 3 aromatic rings. The van der Waals surface area contributed by atoms with E-state index in [0.29, 0.717) is 26.5 Å². The number of pyridine rings is 1. The molecule has 0 saturated heterocycles. The van der Waals surface area contributed by atoms with Crippen molar-refractivity contribution in [2.75, 3.05) is 5.73 Å². The standard InChI is InChI=1S/C10H7ClN6S/c11-6-2-1-5(12)9(17-6)18-10-7-8(14-3-13-7)15-4-16-10/h1-4H,12H2,(H,13,14,15,16). The lowest BCUT2D eigenvalue weighted by molar-refractivity contribution is 1.07. The minimum atomic E-state index is 0.390. The Hall–Kier alpha value is -1.86. The first-order chi connectivity index (χ1) is 8.74. The van der Waals surface area contributed by atoms with Gasteiger partial charge in [-0.05, 0) is 23.9 Å². The summed E-state index contributed by atoms with van der Waals surface area (Å²) in [6.07, 6.45) is 3.02. The number of hydrogen-bond donors (Lipinski definition) is 2. The number of imidazole rings is 1. The molecule has 90 valence electrons. The second kappa shape index (κ2) is 4.43. The van der Waals surface area contributed by atoms with E-state index in [0.717, 1.165) is 5.52 Å². The van der Waals surface area contributed by atoms with Crippen LogP contribution in [-0.2, 0) is 0 Å². The first kappa shape index (κ1) is 11.2. The predicted octanol–water partition coefficient (Wildman–Crippen LogP) is 2.13. The van der Waals surface area contributed by atoms with Gasteiger partial charge in [-0.15, -0.1) is 0 Å².